The van der Waals surface area contributed by atoms with Gasteiger partial charge in [0.15, 0.2) is 5.43 Å². The van der Waals surface area contributed by atoms with Crippen LogP contribution in [0.5, 0.6) is 0 Å². The number of fused-ring (bicyclic) bond motifs is 1. The van der Waals surface area contributed by atoms with Crippen LogP contribution < -0.4 is 5.43 Å². The van der Waals surface area contributed by atoms with Gasteiger partial charge in [-0.1, -0.05) is 0 Å². The molecule has 0 atom stereocenters. The highest BCUT2D eigenvalue weighted by atomic mass is 79.9. The summed E-state index contributed by atoms with van der Waals surface area (Å²) in [5, 5.41) is 0. The van der Waals surface area contributed by atoms with E-state index in [2.05, 4.69) is 47.8 Å². The van der Waals surface area contributed by atoms with Gasteiger partial charge in [-0.3, -0.25) is 14.4 Å². The molecule has 0 saturated heterocycles. The number of rotatable bonds is 0. The molecule has 0 amide bonds. The highest BCUT2D eigenvalue weighted by Gasteiger charge is 2.29. The summed E-state index contributed by atoms with van der Waals surface area (Å²) in [6.07, 6.45) is 0. The largest absolute Gasteiger partial charge is 0.289 e. The fraction of sp³-hybridized carbons (Fsp3) is 0. The number of hydrogen-bond acceptors (Lipinski definition) is 3. The first-order chi connectivity index (χ1) is 7.93. The Kier molecular flexibility index (Phi) is 3.47. The Morgan fingerprint density at radius 2 is 1.29 bits per heavy atom. The molecule has 6 heteroatoms. The van der Waals surface area contributed by atoms with Gasteiger partial charge in [-0.25, -0.2) is 0 Å². The van der Waals surface area contributed by atoms with Crippen molar-refractivity contribution in [2.45, 2.75) is 0 Å². The summed E-state index contributed by atoms with van der Waals surface area (Å²) in [6.45, 7) is 0. The maximum atomic E-state index is 12.0. The van der Waals surface area contributed by atoms with Crippen LogP contribution in [-0.2, 0) is 0 Å². The van der Waals surface area contributed by atoms with Crippen LogP contribution in [0.4, 0.5) is 0 Å². The van der Waals surface area contributed by atoms with Crippen molar-refractivity contribution in [3.63, 3.8) is 0 Å². The fourth-order valence-electron chi connectivity index (χ4n) is 1.43. The third kappa shape index (κ3) is 2.09. The minimum Gasteiger partial charge on any atom is -0.289 e. The lowest BCUT2D eigenvalue weighted by Gasteiger charge is -2.12. The van der Waals surface area contributed by atoms with E-state index in [9.17, 15) is 14.4 Å². The number of ketones is 2. The van der Waals surface area contributed by atoms with E-state index < -0.39 is 0 Å². The molecular weight excluding hydrogens is 420 g/mol. The van der Waals surface area contributed by atoms with Crippen molar-refractivity contribution >= 4 is 59.4 Å². The van der Waals surface area contributed by atoms with E-state index in [0.29, 0.717) is 0 Å². The summed E-state index contributed by atoms with van der Waals surface area (Å²) in [5.41, 5.74) is 0.138. The number of Topliss-reactive ketones (excluding diaryl/α,β-unsaturated/α-hetero) is 2. The SMILES string of the molecule is O=C1C(Br)=C(Br)C(=O)c2cc(Br)c(=O)ccc21. The minimum absolute atomic E-state index is 0.167. The van der Waals surface area contributed by atoms with E-state index in [1.807, 2.05) is 0 Å². The number of allylic oxidation sites excluding steroid dienone is 2. The summed E-state index contributed by atoms with van der Waals surface area (Å²) in [7, 11) is 0. The summed E-state index contributed by atoms with van der Waals surface area (Å²) in [6, 6.07) is 4.00. The van der Waals surface area contributed by atoms with Crippen LogP contribution in [0.15, 0.2) is 36.4 Å². The Morgan fingerprint density at radius 3 is 1.88 bits per heavy atom. The lowest BCUT2D eigenvalue weighted by Crippen LogP contribution is -2.16. The summed E-state index contributed by atoms with van der Waals surface area (Å²) >= 11 is 9.18. The summed E-state index contributed by atoms with van der Waals surface area (Å²) in [5.74, 6) is -0.656. The first-order valence-electron chi connectivity index (χ1n) is 4.42. The second-order valence-electron chi connectivity index (χ2n) is 3.30. The van der Waals surface area contributed by atoms with Crippen molar-refractivity contribution in [1.29, 1.82) is 0 Å². The van der Waals surface area contributed by atoms with E-state index in [0.717, 1.165) is 0 Å². The molecule has 0 fully saturated rings. The van der Waals surface area contributed by atoms with Crippen LogP contribution in [0, 0.1) is 0 Å². The van der Waals surface area contributed by atoms with Gasteiger partial charge >= 0.3 is 0 Å². The molecule has 0 spiro atoms. The normalized spacial score (nSPS) is 15.0. The van der Waals surface area contributed by atoms with Crippen LogP contribution in [0.2, 0.25) is 0 Å². The maximum Gasteiger partial charge on any atom is 0.202 e. The standard InChI is InChI=1S/C11H3Br3O3/c12-6-3-5-4(1-2-7(6)15)10(16)8(13)9(14)11(5)17/h1-3H. The molecule has 86 valence electrons. The average molecular weight is 423 g/mol. The van der Waals surface area contributed by atoms with Gasteiger partial charge < -0.3 is 0 Å². The first kappa shape index (κ1) is 12.9. The van der Waals surface area contributed by atoms with Crippen molar-refractivity contribution in [3.8, 4) is 0 Å². The van der Waals surface area contributed by atoms with Crippen LogP contribution in [0.25, 0.3) is 0 Å². The zero-order valence-corrected chi connectivity index (χ0v) is 12.8. The molecule has 0 aliphatic heterocycles. The van der Waals surface area contributed by atoms with E-state index in [-0.39, 0.29) is 41.6 Å². The molecule has 0 unspecified atom stereocenters. The van der Waals surface area contributed by atoms with Crippen molar-refractivity contribution < 1.29 is 9.59 Å². The Balaban J connectivity index is 2.87. The highest BCUT2D eigenvalue weighted by Crippen LogP contribution is 2.32. The van der Waals surface area contributed by atoms with Crippen molar-refractivity contribution in [2.24, 2.45) is 0 Å². The molecule has 0 bridgehead atoms. The van der Waals surface area contributed by atoms with E-state index >= 15 is 0 Å². The molecule has 1 aliphatic rings. The zero-order chi connectivity index (χ0) is 12.7. The van der Waals surface area contributed by atoms with Gasteiger partial charge in [0.05, 0.1) is 13.4 Å². The fourth-order valence-corrected chi connectivity index (χ4v) is 2.57. The molecular formula is C11H3Br3O3. The Labute approximate surface area is 121 Å². The van der Waals surface area contributed by atoms with Gasteiger partial charge in [0.1, 0.15) is 0 Å². The Bertz CT molecular complexity index is 647. The molecule has 1 aliphatic carbocycles. The molecule has 0 saturated carbocycles. The molecule has 0 heterocycles. The second kappa shape index (κ2) is 4.59. The lowest BCUT2D eigenvalue weighted by molar-refractivity contribution is 0.0990. The Hall–Kier alpha value is -0.590. The van der Waals surface area contributed by atoms with E-state index in [4.69, 9.17) is 0 Å². The maximum absolute atomic E-state index is 12.0. The molecule has 2 rings (SSSR count). The summed E-state index contributed by atoms with van der Waals surface area (Å²) < 4.78 is 0.587. The van der Waals surface area contributed by atoms with Gasteiger partial charge in [0.25, 0.3) is 0 Å². The third-order valence-electron chi connectivity index (χ3n) is 2.28. The number of halogens is 3. The van der Waals surface area contributed by atoms with Gasteiger partial charge in [-0.05, 0) is 66.0 Å². The van der Waals surface area contributed by atoms with E-state index in [1.165, 1.54) is 18.2 Å². The minimum atomic E-state index is -0.331. The molecule has 1 aromatic carbocycles. The van der Waals surface area contributed by atoms with Crippen LogP contribution >= 0.6 is 47.8 Å². The molecule has 0 aromatic heterocycles. The van der Waals surface area contributed by atoms with Crippen molar-refractivity contribution in [3.05, 3.63) is 53.0 Å². The van der Waals surface area contributed by atoms with Crippen molar-refractivity contribution in [1.82, 2.24) is 0 Å². The number of carbonyl (C=O) groups is 2. The quantitative estimate of drug-likeness (QED) is 0.645. The van der Waals surface area contributed by atoms with Crippen LogP contribution in [-0.4, -0.2) is 11.6 Å². The van der Waals surface area contributed by atoms with Crippen molar-refractivity contribution in [2.75, 3.05) is 0 Å². The molecule has 0 N–H and O–H groups in total. The van der Waals surface area contributed by atoms with E-state index in [1.54, 1.807) is 0 Å². The monoisotopic (exact) mass is 420 g/mol. The van der Waals surface area contributed by atoms with Gasteiger partial charge in [0, 0.05) is 11.1 Å². The number of hydrogen-bond donors (Lipinski definition) is 0. The predicted molar refractivity (Wildman–Crippen MR) is 74.0 cm³/mol. The Morgan fingerprint density at radius 1 is 0.765 bits per heavy atom. The van der Waals surface area contributed by atoms with Gasteiger partial charge in [0.2, 0.25) is 11.6 Å². The van der Waals surface area contributed by atoms with Gasteiger partial charge in [-0.2, -0.15) is 0 Å². The van der Waals surface area contributed by atoms with Crippen LogP contribution in [0.3, 0.4) is 0 Å². The molecule has 0 radical (unpaired) electrons. The first-order valence-corrected chi connectivity index (χ1v) is 6.80. The summed E-state index contributed by atoms with van der Waals surface area (Å²) in [4.78, 5) is 35.3. The molecule has 3 nitrogen and oxygen atoms in total. The predicted octanol–water partition coefficient (Wildman–Crippen LogP) is 3.19. The number of carbonyl (C=O) groups excluding carboxylic acids is 2. The lowest BCUT2D eigenvalue weighted by atomic mass is 9.97. The van der Waals surface area contributed by atoms with Crippen LogP contribution in [0.1, 0.15) is 20.7 Å². The third-order valence-corrected chi connectivity index (χ3v) is 4.94. The smallest absolute Gasteiger partial charge is 0.202 e. The zero-order valence-electron chi connectivity index (χ0n) is 8.09. The topological polar surface area (TPSA) is 51.2 Å². The molecule has 1 aromatic rings. The molecule has 17 heavy (non-hydrogen) atoms. The highest BCUT2D eigenvalue weighted by molar-refractivity contribution is 9.14. The average Bonchev–Trinajstić information content (AvgIpc) is 2.45. The van der Waals surface area contributed by atoms with Gasteiger partial charge in [-0.15, -0.1) is 0 Å². The second-order valence-corrected chi connectivity index (χ2v) is 5.74.